The molecule has 8 heteroatoms. The van der Waals surface area contributed by atoms with Gasteiger partial charge in [-0.15, -0.1) is 11.3 Å². The molecule has 6 aromatic carbocycles. The second kappa shape index (κ2) is 11.6. The molecular weight excluding hydrogens is 653 g/mol. The second-order valence-corrected chi connectivity index (χ2v) is 12.9. The lowest BCUT2D eigenvalue weighted by atomic mass is 9.96. The van der Waals surface area contributed by atoms with Crippen LogP contribution < -0.4 is 0 Å². The second-order valence-electron chi connectivity index (χ2n) is 11.9. The van der Waals surface area contributed by atoms with Gasteiger partial charge < -0.3 is 0 Å². The molecule has 2 heterocycles. The van der Waals surface area contributed by atoms with Crippen LogP contribution in [-0.2, 0) is 12.4 Å². The lowest BCUT2D eigenvalue weighted by Crippen LogP contribution is -2.11. The van der Waals surface area contributed by atoms with Gasteiger partial charge in [0.25, 0.3) is 0 Å². The predicted molar refractivity (Wildman–Crippen MR) is 186 cm³/mol. The van der Waals surface area contributed by atoms with Gasteiger partial charge in [0.05, 0.1) is 16.6 Å². The zero-order chi connectivity index (χ0) is 33.9. The van der Waals surface area contributed by atoms with Crippen LogP contribution in [0, 0.1) is 0 Å². The van der Waals surface area contributed by atoms with Crippen LogP contribution in [0.2, 0.25) is 0 Å². The molecule has 0 radical (unpaired) electrons. The number of rotatable bonds is 4. The van der Waals surface area contributed by atoms with E-state index in [9.17, 15) is 26.3 Å². The smallest absolute Gasteiger partial charge is 0.256 e. The summed E-state index contributed by atoms with van der Waals surface area (Å²) < 4.78 is 82.8. The Hall–Kier alpha value is -5.47. The summed E-state index contributed by atoms with van der Waals surface area (Å²) in [6.45, 7) is 0. The van der Waals surface area contributed by atoms with E-state index in [1.165, 1.54) is 37.9 Å². The summed E-state index contributed by atoms with van der Waals surface area (Å²) in [7, 11) is 0. The number of pyridine rings is 1. The molecular formula is C41H23F6NS. The van der Waals surface area contributed by atoms with E-state index in [-0.39, 0.29) is 17.2 Å². The lowest BCUT2D eigenvalue weighted by molar-refractivity contribution is -0.143. The molecule has 0 spiro atoms. The van der Waals surface area contributed by atoms with Gasteiger partial charge in [-0.2, -0.15) is 26.3 Å². The number of nitrogens with zero attached hydrogens (tertiary/aromatic N) is 1. The molecule has 0 aliphatic carbocycles. The van der Waals surface area contributed by atoms with Gasteiger partial charge in [-0.3, -0.25) is 4.98 Å². The van der Waals surface area contributed by atoms with Crippen molar-refractivity contribution in [2.45, 2.75) is 12.4 Å². The zero-order valence-electron chi connectivity index (χ0n) is 25.4. The van der Waals surface area contributed by atoms with E-state index in [1.807, 2.05) is 24.4 Å². The van der Waals surface area contributed by atoms with Crippen molar-refractivity contribution in [2.75, 3.05) is 0 Å². The third kappa shape index (κ3) is 5.82. The summed E-state index contributed by atoms with van der Waals surface area (Å²) in [6, 6.07) is 39.2. The number of benzene rings is 6. The highest BCUT2D eigenvalue weighted by molar-refractivity contribution is 7.26. The van der Waals surface area contributed by atoms with Crippen LogP contribution in [0.1, 0.15) is 11.1 Å². The molecule has 0 saturated carbocycles. The summed E-state index contributed by atoms with van der Waals surface area (Å²) in [6.07, 6.45) is -8.00. The zero-order valence-corrected chi connectivity index (χ0v) is 26.2. The Bertz CT molecular complexity index is 2480. The largest absolute Gasteiger partial charge is 0.416 e. The number of fused-ring (bicyclic) bond motifs is 4. The fourth-order valence-corrected chi connectivity index (χ4v) is 7.49. The van der Waals surface area contributed by atoms with Crippen molar-refractivity contribution in [3.63, 3.8) is 0 Å². The summed E-state index contributed by atoms with van der Waals surface area (Å²) in [5.74, 6) is 0. The Morgan fingerprint density at radius 1 is 0.449 bits per heavy atom. The number of alkyl halides is 6. The van der Waals surface area contributed by atoms with Gasteiger partial charge in [0.2, 0.25) is 0 Å². The molecule has 8 rings (SSSR count). The normalized spacial score (nSPS) is 12.3. The molecule has 1 nitrogen and oxygen atoms in total. The van der Waals surface area contributed by atoms with E-state index < -0.39 is 23.5 Å². The van der Waals surface area contributed by atoms with Crippen molar-refractivity contribution in [3.8, 4) is 44.5 Å². The number of aromatic nitrogens is 1. The van der Waals surface area contributed by atoms with E-state index in [0.717, 1.165) is 50.9 Å². The molecule has 0 saturated heterocycles. The molecule has 0 unspecified atom stereocenters. The number of hydrogen-bond acceptors (Lipinski definition) is 2. The SMILES string of the molecule is FC(F)(F)c1cc(-c2ccc(-c3ccc4cc(-c5ccc(-c6cccc7c6sc6ccccc67)cc5)cnc4c3)cc2)cc(C(F)(F)F)c1. The van der Waals surface area contributed by atoms with Crippen molar-refractivity contribution in [1.82, 2.24) is 4.98 Å². The third-order valence-corrected chi connectivity index (χ3v) is 9.98. The molecule has 8 aromatic rings. The maximum atomic E-state index is 13.4. The Kier molecular flexibility index (Phi) is 7.30. The summed E-state index contributed by atoms with van der Waals surface area (Å²) in [5, 5.41) is 3.45. The van der Waals surface area contributed by atoms with Gasteiger partial charge in [0, 0.05) is 37.3 Å². The molecule has 0 aliphatic rings. The average molecular weight is 676 g/mol. The van der Waals surface area contributed by atoms with Crippen molar-refractivity contribution in [3.05, 3.63) is 151 Å². The first kappa shape index (κ1) is 30.8. The minimum absolute atomic E-state index is 0.133. The number of hydrogen-bond donors (Lipinski definition) is 0. The van der Waals surface area contributed by atoms with Crippen LogP contribution in [0.25, 0.3) is 75.6 Å². The highest BCUT2D eigenvalue weighted by Gasteiger charge is 2.37. The van der Waals surface area contributed by atoms with Crippen LogP contribution >= 0.6 is 11.3 Å². The van der Waals surface area contributed by atoms with Crippen molar-refractivity contribution >= 4 is 42.4 Å². The average Bonchev–Trinajstić information content (AvgIpc) is 3.49. The van der Waals surface area contributed by atoms with Crippen molar-refractivity contribution < 1.29 is 26.3 Å². The van der Waals surface area contributed by atoms with Gasteiger partial charge in [-0.05, 0) is 75.3 Å². The minimum atomic E-state index is -4.91. The summed E-state index contributed by atoms with van der Waals surface area (Å²) in [4.78, 5) is 4.71. The van der Waals surface area contributed by atoms with Crippen molar-refractivity contribution in [1.29, 1.82) is 0 Å². The maximum Gasteiger partial charge on any atom is 0.416 e. The standard InChI is InChI=1S/C41H23F6NS/c42-40(43,44)32-19-30(20-33(22-32)41(45,46)47)25-10-8-24(9-11-25)28-16-17-29-18-31(23-48-37(29)21-28)26-12-14-27(15-13-26)34-5-3-6-36-35-4-1-2-7-38(35)49-39(34)36/h1-23H. The van der Waals surface area contributed by atoms with Crippen LogP contribution in [0.3, 0.4) is 0 Å². The van der Waals surface area contributed by atoms with E-state index in [4.69, 9.17) is 4.98 Å². The topological polar surface area (TPSA) is 12.9 Å². The maximum absolute atomic E-state index is 13.4. The molecule has 0 amide bonds. The highest BCUT2D eigenvalue weighted by Crippen LogP contribution is 2.41. The summed E-state index contributed by atoms with van der Waals surface area (Å²) in [5.41, 5.74) is 4.06. The molecule has 0 fully saturated rings. The molecule has 49 heavy (non-hydrogen) atoms. The van der Waals surface area contributed by atoms with Crippen molar-refractivity contribution in [2.24, 2.45) is 0 Å². The molecule has 240 valence electrons. The highest BCUT2D eigenvalue weighted by atomic mass is 32.1. The molecule has 0 N–H and O–H groups in total. The molecule has 0 aliphatic heterocycles. The van der Waals surface area contributed by atoms with E-state index in [1.54, 1.807) is 23.5 Å². The van der Waals surface area contributed by atoms with Gasteiger partial charge in [-0.1, -0.05) is 97.1 Å². The number of thiophene rings is 1. The van der Waals surface area contributed by atoms with E-state index >= 15 is 0 Å². The summed E-state index contributed by atoms with van der Waals surface area (Å²) >= 11 is 1.80. The van der Waals surface area contributed by atoms with E-state index in [0.29, 0.717) is 0 Å². The van der Waals surface area contributed by atoms with Gasteiger partial charge in [0.1, 0.15) is 0 Å². The predicted octanol–water partition coefficient (Wildman–Crippen LogP) is 13.3. The fraction of sp³-hybridized carbons (Fsp3) is 0.0488. The molecule has 0 bridgehead atoms. The lowest BCUT2D eigenvalue weighted by Gasteiger charge is -2.14. The Labute approximate surface area is 280 Å². The Morgan fingerprint density at radius 3 is 1.69 bits per heavy atom. The Morgan fingerprint density at radius 2 is 1.02 bits per heavy atom. The van der Waals surface area contributed by atoms with Gasteiger partial charge in [0.15, 0.2) is 0 Å². The monoisotopic (exact) mass is 675 g/mol. The van der Waals surface area contributed by atoms with Crippen LogP contribution in [0.15, 0.2) is 140 Å². The third-order valence-electron chi connectivity index (χ3n) is 8.76. The van der Waals surface area contributed by atoms with Crippen LogP contribution in [0.4, 0.5) is 26.3 Å². The first-order chi connectivity index (χ1) is 23.5. The Balaban J connectivity index is 1.06. The molecule has 2 aromatic heterocycles. The molecule has 0 atom stereocenters. The van der Waals surface area contributed by atoms with Crippen LogP contribution in [-0.4, -0.2) is 4.98 Å². The first-order valence-electron chi connectivity index (χ1n) is 15.3. The van der Waals surface area contributed by atoms with E-state index in [2.05, 4.69) is 72.8 Å². The minimum Gasteiger partial charge on any atom is -0.256 e. The fourth-order valence-electron chi connectivity index (χ4n) is 6.25. The van der Waals surface area contributed by atoms with Crippen LogP contribution in [0.5, 0.6) is 0 Å². The van der Waals surface area contributed by atoms with Gasteiger partial charge in [-0.25, -0.2) is 0 Å². The quantitative estimate of drug-likeness (QED) is 0.169. The van der Waals surface area contributed by atoms with Gasteiger partial charge >= 0.3 is 12.4 Å². The first-order valence-corrected chi connectivity index (χ1v) is 16.1. The number of halogens is 6.